The SMILES string of the molecule is CCN(O)c1nc(CNOC)nc(N(O)CC)n1. The normalized spacial score (nSPS) is 10.5. The van der Waals surface area contributed by atoms with Gasteiger partial charge in [-0.3, -0.25) is 10.4 Å². The molecule has 0 radical (unpaired) electrons. The van der Waals surface area contributed by atoms with E-state index >= 15 is 0 Å². The van der Waals surface area contributed by atoms with Gasteiger partial charge in [-0.05, 0) is 13.8 Å². The van der Waals surface area contributed by atoms with E-state index in [0.717, 1.165) is 10.1 Å². The van der Waals surface area contributed by atoms with E-state index < -0.39 is 0 Å². The zero-order chi connectivity index (χ0) is 13.5. The van der Waals surface area contributed by atoms with E-state index in [0.29, 0.717) is 18.9 Å². The summed E-state index contributed by atoms with van der Waals surface area (Å²) in [5.74, 6) is 0.489. The van der Waals surface area contributed by atoms with Gasteiger partial charge in [0.15, 0.2) is 5.82 Å². The summed E-state index contributed by atoms with van der Waals surface area (Å²) in [5, 5.41) is 20.9. The van der Waals surface area contributed by atoms with Crippen LogP contribution in [0.3, 0.4) is 0 Å². The van der Waals surface area contributed by atoms with Crippen molar-refractivity contribution in [2.24, 2.45) is 0 Å². The van der Waals surface area contributed by atoms with Gasteiger partial charge in [0.25, 0.3) is 11.9 Å². The van der Waals surface area contributed by atoms with Gasteiger partial charge >= 0.3 is 0 Å². The maximum Gasteiger partial charge on any atom is 0.254 e. The van der Waals surface area contributed by atoms with Crippen molar-refractivity contribution in [3.05, 3.63) is 5.82 Å². The lowest BCUT2D eigenvalue weighted by molar-refractivity contribution is 0.0847. The summed E-state index contributed by atoms with van der Waals surface area (Å²) < 4.78 is 0. The quantitative estimate of drug-likeness (QED) is 0.580. The lowest BCUT2D eigenvalue weighted by Crippen LogP contribution is -2.26. The topological polar surface area (TPSA) is 107 Å². The summed E-state index contributed by atoms with van der Waals surface area (Å²) in [4.78, 5) is 16.7. The van der Waals surface area contributed by atoms with Gasteiger partial charge < -0.3 is 4.84 Å². The van der Waals surface area contributed by atoms with Gasteiger partial charge in [0.2, 0.25) is 0 Å². The van der Waals surface area contributed by atoms with Crippen LogP contribution < -0.4 is 15.6 Å². The lowest BCUT2D eigenvalue weighted by atomic mass is 10.6. The highest BCUT2D eigenvalue weighted by molar-refractivity contribution is 5.34. The van der Waals surface area contributed by atoms with E-state index in [1.54, 1.807) is 13.8 Å². The minimum Gasteiger partial charge on any atom is -0.305 e. The van der Waals surface area contributed by atoms with Gasteiger partial charge in [0.1, 0.15) is 0 Å². The summed E-state index contributed by atoms with van der Waals surface area (Å²) >= 11 is 0. The van der Waals surface area contributed by atoms with Crippen LogP contribution in [0.2, 0.25) is 0 Å². The fourth-order valence-corrected chi connectivity index (χ4v) is 1.12. The molecule has 102 valence electrons. The molecule has 0 aliphatic heterocycles. The predicted octanol–water partition coefficient (Wildman–Crippen LogP) is -0.0464. The largest absolute Gasteiger partial charge is 0.305 e. The maximum absolute atomic E-state index is 9.59. The highest BCUT2D eigenvalue weighted by Crippen LogP contribution is 2.11. The second-order valence-corrected chi connectivity index (χ2v) is 3.31. The zero-order valence-corrected chi connectivity index (χ0v) is 10.7. The predicted molar refractivity (Wildman–Crippen MR) is 63.3 cm³/mol. The van der Waals surface area contributed by atoms with Crippen molar-refractivity contribution in [1.82, 2.24) is 20.4 Å². The Morgan fingerprint density at radius 3 is 1.94 bits per heavy atom. The third kappa shape index (κ3) is 3.74. The van der Waals surface area contributed by atoms with Gasteiger partial charge in [0, 0.05) is 13.1 Å². The van der Waals surface area contributed by atoms with Crippen LogP contribution in [0, 0.1) is 0 Å². The number of rotatable bonds is 7. The Morgan fingerprint density at radius 2 is 1.56 bits per heavy atom. The van der Waals surface area contributed by atoms with Crippen LogP contribution in [0.15, 0.2) is 0 Å². The average molecular weight is 258 g/mol. The summed E-state index contributed by atoms with van der Waals surface area (Å²) in [5.41, 5.74) is 2.58. The van der Waals surface area contributed by atoms with Crippen LogP contribution in [0.25, 0.3) is 0 Å². The minimum absolute atomic E-state index is 0.0721. The van der Waals surface area contributed by atoms with E-state index in [9.17, 15) is 10.4 Å². The van der Waals surface area contributed by atoms with Crippen molar-refractivity contribution in [3.63, 3.8) is 0 Å². The van der Waals surface area contributed by atoms with Crippen molar-refractivity contribution in [2.75, 3.05) is 30.3 Å². The molecule has 0 saturated heterocycles. The Morgan fingerprint density at radius 1 is 1.06 bits per heavy atom. The highest BCUT2D eigenvalue weighted by Gasteiger charge is 2.13. The second kappa shape index (κ2) is 7.01. The summed E-state index contributed by atoms with van der Waals surface area (Å²) in [6.45, 7) is 4.35. The Labute approximate surface area is 105 Å². The molecule has 0 amide bonds. The number of hydroxylamine groups is 3. The Bertz CT molecular complexity index is 349. The Hall–Kier alpha value is -1.55. The number of nitrogens with zero attached hydrogens (tertiary/aromatic N) is 5. The van der Waals surface area contributed by atoms with Gasteiger partial charge in [0.05, 0.1) is 13.7 Å². The molecule has 18 heavy (non-hydrogen) atoms. The first kappa shape index (κ1) is 14.5. The van der Waals surface area contributed by atoms with Crippen molar-refractivity contribution in [1.29, 1.82) is 0 Å². The third-order valence-electron chi connectivity index (χ3n) is 2.09. The molecule has 0 bridgehead atoms. The molecule has 0 spiro atoms. The number of aromatic nitrogens is 3. The highest BCUT2D eigenvalue weighted by atomic mass is 16.6. The van der Waals surface area contributed by atoms with E-state index in [-0.39, 0.29) is 18.4 Å². The van der Waals surface area contributed by atoms with Crippen molar-refractivity contribution in [2.45, 2.75) is 20.4 Å². The van der Waals surface area contributed by atoms with E-state index in [2.05, 4.69) is 20.4 Å². The molecule has 0 aliphatic rings. The van der Waals surface area contributed by atoms with Crippen LogP contribution in [-0.4, -0.2) is 45.6 Å². The molecule has 1 aromatic rings. The van der Waals surface area contributed by atoms with Crippen LogP contribution in [0.4, 0.5) is 11.9 Å². The number of hydrogen-bond donors (Lipinski definition) is 3. The molecule has 0 atom stereocenters. The van der Waals surface area contributed by atoms with Crippen LogP contribution in [0.5, 0.6) is 0 Å². The van der Waals surface area contributed by atoms with E-state index in [4.69, 9.17) is 4.84 Å². The van der Waals surface area contributed by atoms with Gasteiger partial charge in [-0.15, -0.1) is 0 Å². The lowest BCUT2D eigenvalue weighted by Gasteiger charge is -2.17. The molecular formula is C9H18N6O3. The molecule has 0 aliphatic carbocycles. The fraction of sp³-hybridized carbons (Fsp3) is 0.667. The molecule has 0 aromatic carbocycles. The van der Waals surface area contributed by atoms with E-state index in [1.165, 1.54) is 7.11 Å². The zero-order valence-electron chi connectivity index (χ0n) is 10.7. The Kier molecular flexibility index (Phi) is 5.65. The van der Waals surface area contributed by atoms with Crippen LogP contribution in [-0.2, 0) is 11.4 Å². The van der Waals surface area contributed by atoms with Gasteiger partial charge in [-0.25, -0.2) is 10.1 Å². The molecule has 1 rings (SSSR count). The number of anilines is 2. The molecular weight excluding hydrogens is 240 g/mol. The maximum atomic E-state index is 9.59. The first-order valence-electron chi connectivity index (χ1n) is 5.56. The summed E-state index contributed by atoms with van der Waals surface area (Å²) in [7, 11) is 1.47. The molecule has 1 heterocycles. The molecule has 0 fully saturated rings. The number of nitrogens with one attached hydrogen (secondary N) is 1. The first-order valence-corrected chi connectivity index (χ1v) is 5.56. The summed E-state index contributed by atoms with van der Waals surface area (Å²) in [6.07, 6.45) is 0. The van der Waals surface area contributed by atoms with Crippen molar-refractivity contribution in [3.8, 4) is 0 Å². The molecule has 0 saturated carbocycles. The first-order chi connectivity index (χ1) is 8.62. The molecule has 9 nitrogen and oxygen atoms in total. The molecule has 0 unspecified atom stereocenters. The minimum atomic E-state index is 0.0721. The monoisotopic (exact) mass is 258 g/mol. The second-order valence-electron chi connectivity index (χ2n) is 3.31. The third-order valence-corrected chi connectivity index (χ3v) is 2.09. The summed E-state index contributed by atoms with van der Waals surface area (Å²) in [6, 6.07) is 0. The Balaban J connectivity index is 3.03. The van der Waals surface area contributed by atoms with Crippen molar-refractivity contribution >= 4 is 11.9 Å². The molecule has 3 N–H and O–H groups in total. The number of hydrogen-bond acceptors (Lipinski definition) is 9. The van der Waals surface area contributed by atoms with Crippen molar-refractivity contribution < 1.29 is 15.3 Å². The fourth-order valence-electron chi connectivity index (χ4n) is 1.12. The van der Waals surface area contributed by atoms with Crippen LogP contribution in [0.1, 0.15) is 19.7 Å². The molecule has 1 aromatic heterocycles. The van der Waals surface area contributed by atoms with Gasteiger partial charge in [-0.1, -0.05) is 0 Å². The smallest absolute Gasteiger partial charge is 0.254 e. The standard InChI is InChI=1S/C9H18N6O3/c1-4-14(16)8-11-7(6-10-18-3)12-9(13-8)15(17)5-2/h10,16-17H,4-6H2,1-3H3. The van der Waals surface area contributed by atoms with E-state index in [1.807, 2.05) is 0 Å². The van der Waals surface area contributed by atoms with Crippen LogP contribution >= 0.6 is 0 Å². The van der Waals surface area contributed by atoms with Gasteiger partial charge in [-0.2, -0.15) is 20.4 Å². The molecule has 9 heteroatoms. The average Bonchev–Trinajstić information content (AvgIpc) is 2.42.